The SMILES string of the molecule is CCCC(=O)Nc1cccc(CN=C(NCC)NCCc2ccco2)c1.I. The first kappa shape index (κ1) is 23.0. The Bertz CT molecular complexity index is 702. The van der Waals surface area contributed by atoms with E-state index in [0.717, 1.165) is 48.9 Å². The Morgan fingerprint density at radius 2 is 2.00 bits per heavy atom. The van der Waals surface area contributed by atoms with E-state index in [1.54, 1.807) is 6.26 Å². The third-order valence-corrected chi connectivity index (χ3v) is 3.70. The van der Waals surface area contributed by atoms with Crippen molar-refractivity contribution >= 4 is 41.5 Å². The van der Waals surface area contributed by atoms with Crippen LogP contribution in [0.15, 0.2) is 52.1 Å². The number of guanidine groups is 1. The van der Waals surface area contributed by atoms with Gasteiger partial charge in [0.1, 0.15) is 5.76 Å². The van der Waals surface area contributed by atoms with Crippen LogP contribution in [0.2, 0.25) is 0 Å². The average Bonchev–Trinajstić information content (AvgIpc) is 3.13. The largest absolute Gasteiger partial charge is 0.469 e. The maximum absolute atomic E-state index is 11.7. The zero-order valence-electron chi connectivity index (χ0n) is 16.0. The molecule has 1 heterocycles. The maximum Gasteiger partial charge on any atom is 0.224 e. The molecule has 7 heteroatoms. The van der Waals surface area contributed by atoms with Gasteiger partial charge in [-0.25, -0.2) is 4.99 Å². The number of hydrogen-bond acceptors (Lipinski definition) is 3. The van der Waals surface area contributed by atoms with Crippen molar-refractivity contribution in [2.45, 2.75) is 39.7 Å². The summed E-state index contributed by atoms with van der Waals surface area (Å²) in [6, 6.07) is 11.6. The number of furan rings is 1. The number of anilines is 1. The number of hydrogen-bond donors (Lipinski definition) is 3. The Hall–Kier alpha value is -2.03. The molecule has 1 aromatic heterocycles. The van der Waals surface area contributed by atoms with Gasteiger partial charge in [0.15, 0.2) is 5.96 Å². The highest BCUT2D eigenvalue weighted by atomic mass is 127. The molecule has 0 aliphatic rings. The van der Waals surface area contributed by atoms with Crippen LogP contribution in [0.25, 0.3) is 0 Å². The van der Waals surface area contributed by atoms with Crippen LogP contribution in [-0.2, 0) is 17.8 Å². The van der Waals surface area contributed by atoms with Crippen LogP contribution in [0.4, 0.5) is 5.69 Å². The summed E-state index contributed by atoms with van der Waals surface area (Å²) in [6.07, 6.45) is 3.86. The second-order valence-corrected chi connectivity index (χ2v) is 5.95. The number of carbonyl (C=O) groups is 1. The fourth-order valence-electron chi connectivity index (χ4n) is 2.47. The summed E-state index contributed by atoms with van der Waals surface area (Å²) in [7, 11) is 0. The Kier molecular flexibility index (Phi) is 11.2. The zero-order chi connectivity index (χ0) is 18.6. The normalized spacial score (nSPS) is 10.8. The van der Waals surface area contributed by atoms with E-state index in [-0.39, 0.29) is 29.9 Å². The van der Waals surface area contributed by atoms with Crippen LogP contribution >= 0.6 is 24.0 Å². The monoisotopic (exact) mass is 484 g/mol. The van der Waals surface area contributed by atoms with E-state index in [1.165, 1.54) is 0 Å². The fourth-order valence-corrected chi connectivity index (χ4v) is 2.47. The van der Waals surface area contributed by atoms with E-state index in [4.69, 9.17) is 4.42 Å². The van der Waals surface area contributed by atoms with Gasteiger partial charge in [0.25, 0.3) is 0 Å². The molecular weight excluding hydrogens is 455 g/mol. The molecule has 27 heavy (non-hydrogen) atoms. The van der Waals surface area contributed by atoms with Gasteiger partial charge in [-0.05, 0) is 43.2 Å². The summed E-state index contributed by atoms with van der Waals surface area (Å²) in [5.41, 5.74) is 1.86. The van der Waals surface area contributed by atoms with Gasteiger partial charge >= 0.3 is 0 Å². The van der Waals surface area contributed by atoms with E-state index in [0.29, 0.717) is 13.0 Å². The molecule has 2 rings (SSSR count). The van der Waals surface area contributed by atoms with Crippen LogP contribution in [0.5, 0.6) is 0 Å². The van der Waals surface area contributed by atoms with E-state index >= 15 is 0 Å². The van der Waals surface area contributed by atoms with Crippen LogP contribution in [-0.4, -0.2) is 25.0 Å². The van der Waals surface area contributed by atoms with Gasteiger partial charge in [-0.1, -0.05) is 19.1 Å². The number of amides is 1. The molecule has 2 aromatic rings. The first-order valence-electron chi connectivity index (χ1n) is 9.14. The molecule has 0 saturated heterocycles. The van der Waals surface area contributed by atoms with Gasteiger partial charge in [0.05, 0.1) is 12.8 Å². The second-order valence-electron chi connectivity index (χ2n) is 5.95. The van der Waals surface area contributed by atoms with E-state index < -0.39 is 0 Å². The Balaban J connectivity index is 0.00000364. The number of nitrogens with zero attached hydrogens (tertiary/aromatic N) is 1. The molecule has 3 N–H and O–H groups in total. The lowest BCUT2D eigenvalue weighted by molar-refractivity contribution is -0.116. The summed E-state index contributed by atoms with van der Waals surface area (Å²) in [5, 5.41) is 9.45. The molecule has 0 atom stereocenters. The van der Waals surface area contributed by atoms with Gasteiger partial charge in [0.2, 0.25) is 5.91 Å². The van der Waals surface area contributed by atoms with E-state index in [1.807, 2.05) is 50.2 Å². The van der Waals surface area contributed by atoms with Crippen molar-refractivity contribution in [3.05, 3.63) is 54.0 Å². The molecule has 1 aromatic carbocycles. The van der Waals surface area contributed by atoms with Crippen molar-refractivity contribution < 1.29 is 9.21 Å². The highest BCUT2D eigenvalue weighted by Gasteiger charge is 2.03. The number of carbonyl (C=O) groups excluding carboxylic acids is 1. The predicted molar refractivity (Wildman–Crippen MR) is 121 cm³/mol. The lowest BCUT2D eigenvalue weighted by atomic mass is 10.2. The molecule has 0 spiro atoms. The molecule has 1 amide bonds. The molecule has 0 bridgehead atoms. The van der Waals surface area contributed by atoms with Crippen molar-refractivity contribution in [3.63, 3.8) is 0 Å². The van der Waals surface area contributed by atoms with Crippen LogP contribution in [0, 0.1) is 0 Å². The number of benzene rings is 1. The number of nitrogens with one attached hydrogen (secondary N) is 3. The summed E-state index contributed by atoms with van der Waals surface area (Å²) in [4.78, 5) is 16.3. The Morgan fingerprint density at radius 3 is 2.70 bits per heavy atom. The Labute approximate surface area is 178 Å². The minimum absolute atomic E-state index is 0. The highest BCUT2D eigenvalue weighted by Crippen LogP contribution is 2.12. The van der Waals surface area contributed by atoms with E-state index in [2.05, 4.69) is 20.9 Å². The summed E-state index contributed by atoms with van der Waals surface area (Å²) < 4.78 is 5.33. The summed E-state index contributed by atoms with van der Waals surface area (Å²) >= 11 is 0. The minimum Gasteiger partial charge on any atom is -0.469 e. The van der Waals surface area contributed by atoms with Gasteiger partial charge in [-0.2, -0.15) is 0 Å². The molecule has 0 fully saturated rings. The van der Waals surface area contributed by atoms with Crippen molar-refractivity contribution in [1.82, 2.24) is 10.6 Å². The van der Waals surface area contributed by atoms with Crippen molar-refractivity contribution in [2.75, 3.05) is 18.4 Å². The first-order chi connectivity index (χ1) is 12.7. The standard InChI is InChI=1S/C20H28N4O2.HI/c1-3-7-19(25)24-17-9-5-8-16(14-17)15-23-20(21-4-2)22-12-11-18-10-6-13-26-18;/h5-6,8-10,13-14H,3-4,7,11-12,15H2,1-2H3,(H,24,25)(H2,21,22,23);1H. The molecule has 148 valence electrons. The van der Waals surface area contributed by atoms with Gasteiger partial charge in [-0.3, -0.25) is 4.79 Å². The van der Waals surface area contributed by atoms with Gasteiger partial charge < -0.3 is 20.4 Å². The highest BCUT2D eigenvalue weighted by molar-refractivity contribution is 14.0. The molecule has 0 aliphatic heterocycles. The van der Waals surface area contributed by atoms with Crippen LogP contribution in [0.1, 0.15) is 38.0 Å². The minimum atomic E-state index is 0. The number of rotatable bonds is 9. The average molecular weight is 484 g/mol. The fraction of sp³-hybridized carbons (Fsp3) is 0.400. The number of aliphatic imine (C=N–C) groups is 1. The molecule has 0 radical (unpaired) electrons. The lowest BCUT2D eigenvalue weighted by Gasteiger charge is -2.11. The maximum atomic E-state index is 11.7. The zero-order valence-corrected chi connectivity index (χ0v) is 18.3. The third kappa shape index (κ3) is 8.94. The van der Waals surface area contributed by atoms with Crippen molar-refractivity contribution in [3.8, 4) is 0 Å². The quantitative estimate of drug-likeness (QED) is 0.286. The van der Waals surface area contributed by atoms with Crippen LogP contribution < -0.4 is 16.0 Å². The lowest BCUT2D eigenvalue weighted by Crippen LogP contribution is -2.38. The second kappa shape index (κ2) is 13.2. The molecule has 0 saturated carbocycles. The van der Waals surface area contributed by atoms with Gasteiger partial charge in [0, 0.05) is 31.6 Å². The molecule has 0 aliphatic carbocycles. The molecule has 6 nitrogen and oxygen atoms in total. The van der Waals surface area contributed by atoms with Crippen molar-refractivity contribution in [1.29, 1.82) is 0 Å². The smallest absolute Gasteiger partial charge is 0.224 e. The topological polar surface area (TPSA) is 78.7 Å². The van der Waals surface area contributed by atoms with Crippen molar-refractivity contribution in [2.24, 2.45) is 4.99 Å². The molecule has 0 unspecified atom stereocenters. The third-order valence-electron chi connectivity index (χ3n) is 3.70. The Morgan fingerprint density at radius 1 is 1.15 bits per heavy atom. The van der Waals surface area contributed by atoms with Crippen LogP contribution in [0.3, 0.4) is 0 Å². The molecular formula is C20H29IN4O2. The first-order valence-corrected chi connectivity index (χ1v) is 9.14. The summed E-state index contributed by atoms with van der Waals surface area (Å²) in [5.74, 6) is 1.75. The van der Waals surface area contributed by atoms with E-state index in [9.17, 15) is 4.79 Å². The summed E-state index contributed by atoms with van der Waals surface area (Å²) in [6.45, 7) is 6.10. The number of halogens is 1. The predicted octanol–water partition coefficient (Wildman–Crippen LogP) is 3.93. The van der Waals surface area contributed by atoms with Gasteiger partial charge in [-0.15, -0.1) is 24.0 Å².